The third-order valence-electron chi connectivity index (χ3n) is 1.67. The topological polar surface area (TPSA) is 68.3 Å². The zero-order valence-corrected chi connectivity index (χ0v) is 9.39. The maximum absolute atomic E-state index is 11.3. The van der Waals surface area contributed by atoms with E-state index in [1.165, 1.54) is 18.4 Å². The first-order chi connectivity index (χ1) is 7.11. The zero-order chi connectivity index (χ0) is 11.3. The molecule has 1 aromatic heterocycles. The first-order valence-electron chi connectivity index (χ1n) is 4.36. The van der Waals surface area contributed by atoms with E-state index in [-0.39, 0.29) is 18.9 Å². The Kier molecular flexibility index (Phi) is 4.23. The van der Waals surface area contributed by atoms with E-state index in [1.807, 2.05) is 12.3 Å². The number of amides is 1. The van der Waals surface area contributed by atoms with Gasteiger partial charge in [0.05, 0.1) is 24.2 Å². The molecule has 0 radical (unpaired) electrons. The lowest BCUT2D eigenvalue weighted by Gasteiger charge is -2.01. The number of carbonyl (C=O) groups excluding carboxylic acids is 2. The first kappa shape index (κ1) is 11.6. The molecule has 0 spiro atoms. The van der Waals surface area contributed by atoms with Gasteiger partial charge >= 0.3 is 5.97 Å². The van der Waals surface area contributed by atoms with Crippen LogP contribution in [0, 0.1) is 6.92 Å². The fraction of sp³-hybridized carbons (Fsp3) is 0.444. The van der Waals surface area contributed by atoms with Crippen LogP contribution in [0.5, 0.6) is 0 Å². The van der Waals surface area contributed by atoms with Crippen molar-refractivity contribution in [1.29, 1.82) is 0 Å². The Bertz CT molecular complexity index is 362. The number of hydrogen-bond acceptors (Lipinski definition) is 5. The van der Waals surface area contributed by atoms with Crippen LogP contribution in [0.3, 0.4) is 0 Å². The van der Waals surface area contributed by atoms with E-state index in [0.717, 1.165) is 10.7 Å². The molecule has 0 bridgehead atoms. The average Bonchev–Trinajstić information content (AvgIpc) is 2.60. The Morgan fingerprint density at radius 2 is 2.33 bits per heavy atom. The fourth-order valence-corrected chi connectivity index (χ4v) is 1.57. The third kappa shape index (κ3) is 4.07. The molecule has 1 heterocycles. The number of hydrogen-bond donors (Lipinski definition) is 1. The predicted molar refractivity (Wildman–Crippen MR) is 55.6 cm³/mol. The van der Waals surface area contributed by atoms with Gasteiger partial charge in [-0.1, -0.05) is 0 Å². The summed E-state index contributed by atoms with van der Waals surface area (Å²) in [5.74, 6) is -0.691. The Morgan fingerprint density at radius 1 is 1.60 bits per heavy atom. The number of thiazole rings is 1. The Morgan fingerprint density at radius 3 is 2.87 bits per heavy atom. The molecule has 15 heavy (non-hydrogen) atoms. The van der Waals surface area contributed by atoms with Gasteiger partial charge in [-0.15, -0.1) is 11.3 Å². The van der Waals surface area contributed by atoms with Crippen molar-refractivity contribution in [1.82, 2.24) is 10.3 Å². The van der Waals surface area contributed by atoms with Crippen LogP contribution in [0.4, 0.5) is 0 Å². The lowest BCUT2D eigenvalue weighted by molar-refractivity contribution is -0.141. The SMILES string of the molecule is COC(=O)CNC(=O)Cc1csc(C)n1. The second-order valence-electron chi connectivity index (χ2n) is 2.89. The maximum Gasteiger partial charge on any atom is 0.325 e. The summed E-state index contributed by atoms with van der Waals surface area (Å²) in [6.07, 6.45) is 0.196. The molecule has 0 aromatic carbocycles. The molecule has 5 nitrogen and oxygen atoms in total. The Balaban J connectivity index is 2.33. The molecule has 0 fully saturated rings. The molecule has 0 atom stereocenters. The number of ether oxygens (including phenoxy) is 1. The van der Waals surface area contributed by atoms with Crippen LogP contribution in [0.25, 0.3) is 0 Å². The zero-order valence-electron chi connectivity index (χ0n) is 8.57. The number of rotatable bonds is 4. The molecule has 0 saturated carbocycles. The summed E-state index contributed by atoms with van der Waals surface area (Å²) >= 11 is 1.49. The van der Waals surface area contributed by atoms with Crippen LogP contribution in [0.1, 0.15) is 10.7 Å². The molecule has 82 valence electrons. The van der Waals surface area contributed by atoms with Crippen LogP contribution < -0.4 is 5.32 Å². The first-order valence-corrected chi connectivity index (χ1v) is 5.24. The second-order valence-corrected chi connectivity index (χ2v) is 3.95. The molecule has 1 N–H and O–H groups in total. The summed E-state index contributed by atoms with van der Waals surface area (Å²) in [6, 6.07) is 0. The summed E-state index contributed by atoms with van der Waals surface area (Å²) in [4.78, 5) is 26.1. The molecule has 0 aliphatic rings. The number of aromatic nitrogens is 1. The van der Waals surface area contributed by atoms with E-state index < -0.39 is 5.97 Å². The number of nitrogens with one attached hydrogen (secondary N) is 1. The van der Waals surface area contributed by atoms with Gasteiger partial charge in [-0.05, 0) is 6.92 Å². The highest BCUT2D eigenvalue weighted by molar-refractivity contribution is 7.09. The normalized spacial score (nSPS) is 9.73. The summed E-state index contributed by atoms with van der Waals surface area (Å²) in [7, 11) is 1.28. The van der Waals surface area contributed by atoms with E-state index in [0.29, 0.717) is 0 Å². The van der Waals surface area contributed by atoms with E-state index >= 15 is 0 Å². The molecular formula is C9H12N2O3S. The highest BCUT2D eigenvalue weighted by atomic mass is 32.1. The van der Waals surface area contributed by atoms with Crippen LogP contribution in [0.15, 0.2) is 5.38 Å². The van der Waals surface area contributed by atoms with E-state index in [2.05, 4.69) is 15.0 Å². The lowest BCUT2D eigenvalue weighted by atomic mass is 10.3. The minimum atomic E-state index is -0.460. The molecule has 1 amide bonds. The van der Waals surface area contributed by atoms with Crippen LogP contribution in [0.2, 0.25) is 0 Å². The summed E-state index contributed by atoms with van der Waals surface area (Å²) in [5.41, 5.74) is 0.722. The monoisotopic (exact) mass is 228 g/mol. The number of aryl methyl sites for hydroxylation is 1. The molecular weight excluding hydrogens is 216 g/mol. The highest BCUT2D eigenvalue weighted by Gasteiger charge is 2.07. The van der Waals surface area contributed by atoms with Gasteiger partial charge in [0.2, 0.25) is 5.91 Å². The van der Waals surface area contributed by atoms with Gasteiger partial charge in [-0.3, -0.25) is 9.59 Å². The largest absolute Gasteiger partial charge is 0.468 e. The maximum atomic E-state index is 11.3. The van der Waals surface area contributed by atoms with E-state index in [4.69, 9.17) is 0 Å². The standard InChI is InChI=1S/C9H12N2O3S/c1-6-11-7(5-15-6)3-8(12)10-4-9(13)14-2/h5H,3-4H2,1-2H3,(H,10,12). The summed E-state index contributed by atoms with van der Waals surface area (Å²) in [6.45, 7) is 1.78. The second kappa shape index (κ2) is 5.45. The van der Waals surface area contributed by atoms with Crippen molar-refractivity contribution < 1.29 is 14.3 Å². The van der Waals surface area contributed by atoms with Crippen molar-refractivity contribution in [2.75, 3.05) is 13.7 Å². The Labute approximate surface area is 91.5 Å². The lowest BCUT2D eigenvalue weighted by Crippen LogP contribution is -2.31. The van der Waals surface area contributed by atoms with Crippen molar-refractivity contribution in [2.45, 2.75) is 13.3 Å². The third-order valence-corrected chi connectivity index (χ3v) is 2.49. The van der Waals surface area contributed by atoms with Gasteiger partial charge < -0.3 is 10.1 Å². The minimum Gasteiger partial charge on any atom is -0.468 e. The van der Waals surface area contributed by atoms with Gasteiger partial charge in [0.15, 0.2) is 0 Å². The smallest absolute Gasteiger partial charge is 0.325 e. The van der Waals surface area contributed by atoms with Gasteiger partial charge in [0.25, 0.3) is 0 Å². The molecule has 0 unspecified atom stereocenters. The van der Waals surface area contributed by atoms with E-state index in [1.54, 1.807) is 0 Å². The summed E-state index contributed by atoms with van der Waals surface area (Å²) < 4.78 is 4.39. The van der Waals surface area contributed by atoms with Gasteiger partial charge in [-0.25, -0.2) is 4.98 Å². The molecule has 6 heteroatoms. The quantitative estimate of drug-likeness (QED) is 0.752. The van der Waals surface area contributed by atoms with Crippen molar-refractivity contribution in [3.63, 3.8) is 0 Å². The van der Waals surface area contributed by atoms with Crippen molar-refractivity contribution >= 4 is 23.2 Å². The Hall–Kier alpha value is -1.43. The number of methoxy groups -OCH3 is 1. The number of carbonyl (C=O) groups is 2. The minimum absolute atomic E-state index is 0.0988. The van der Waals surface area contributed by atoms with Crippen molar-refractivity contribution in [2.24, 2.45) is 0 Å². The summed E-state index contributed by atoms with van der Waals surface area (Å²) in [5, 5.41) is 5.19. The van der Waals surface area contributed by atoms with Gasteiger partial charge in [-0.2, -0.15) is 0 Å². The van der Waals surface area contributed by atoms with Gasteiger partial charge in [0.1, 0.15) is 6.54 Å². The van der Waals surface area contributed by atoms with Crippen LogP contribution >= 0.6 is 11.3 Å². The molecule has 1 rings (SSSR count). The molecule has 0 aliphatic heterocycles. The number of esters is 1. The van der Waals surface area contributed by atoms with Crippen molar-refractivity contribution in [3.05, 3.63) is 16.1 Å². The van der Waals surface area contributed by atoms with E-state index in [9.17, 15) is 9.59 Å². The number of nitrogens with zero attached hydrogens (tertiary/aromatic N) is 1. The predicted octanol–water partition coefficient (Wildman–Crippen LogP) is 0.283. The molecule has 0 saturated heterocycles. The molecule has 0 aliphatic carbocycles. The highest BCUT2D eigenvalue weighted by Crippen LogP contribution is 2.07. The molecule has 1 aromatic rings. The van der Waals surface area contributed by atoms with Crippen LogP contribution in [-0.2, 0) is 20.7 Å². The fourth-order valence-electron chi connectivity index (χ4n) is 0.959. The van der Waals surface area contributed by atoms with Crippen molar-refractivity contribution in [3.8, 4) is 0 Å². The van der Waals surface area contributed by atoms with Gasteiger partial charge in [0, 0.05) is 5.38 Å². The van der Waals surface area contributed by atoms with Crippen LogP contribution in [-0.4, -0.2) is 30.5 Å². The average molecular weight is 228 g/mol.